The van der Waals surface area contributed by atoms with E-state index in [1.807, 2.05) is 10.7 Å². The molecular weight excluding hydrogens is 254 g/mol. The van der Waals surface area contributed by atoms with Gasteiger partial charge < -0.3 is 9.73 Å². The van der Waals surface area contributed by atoms with Crippen LogP contribution in [0.4, 0.5) is 5.82 Å². The predicted octanol–water partition coefficient (Wildman–Crippen LogP) is 3.54. The van der Waals surface area contributed by atoms with E-state index in [0.29, 0.717) is 17.4 Å². The van der Waals surface area contributed by atoms with Gasteiger partial charge in [0.25, 0.3) is 5.91 Å². The van der Waals surface area contributed by atoms with E-state index in [2.05, 4.69) is 10.4 Å². The minimum absolute atomic E-state index is 0.145. The van der Waals surface area contributed by atoms with Crippen LogP contribution in [-0.4, -0.2) is 15.7 Å². The first kappa shape index (κ1) is 13.0. The molecule has 3 rings (SSSR count). The molecule has 0 bridgehead atoms. The Kier molecular flexibility index (Phi) is 3.58. The highest BCUT2D eigenvalue weighted by molar-refractivity contribution is 6.04. The summed E-state index contributed by atoms with van der Waals surface area (Å²) in [4.78, 5) is 12.2. The first-order chi connectivity index (χ1) is 9.75. The number of rotatable bonds is 3. The number of hydrogen-bond donors (Lipinski definition) is 1. The van der Waals surface area contributed by atoms with E-state index in [9.17, 15) is 4.79 Å². The van der Waals surface area contributed by atoms with Crippen LogP contribution in [0.3, 0.4) is 0 Å². The zero-order valence-electron chi connectivity index (χ0n) is 11.6. The Labute approximate surface area is 118 Å². The SMILES string of the molecule is Cc1occc1C(=O)Nc1ccnn1C1CCCCC1. The Balaban J connectivity index is 1.76. The van der Waals surface area contributed by atoms with Gasteiger partial charge in [0.15, 0.2) is 0 Å². The molecule has 106 valence electrons. The third-order valence-electron chi connectivity index (χ3n) is 3.94. The summed E-state index contributed by atoms with van der Waals surface area (Å²) in [5.41, 5.74) is 0.571. The average molecular weight is 273 g/mol. The second-order valence-corrected chi connectivity index (χ2v) is 5.30. The molecular formula is C15H19N3O2. The fourth-order valence-electron chi connectivity index (χ4n) is 2.83. The number of furan rings is 1. The van der Waals surface area contributed by atoms with Crippen LogP contribution in [0, 0.1) is 6.92 Å². The van der Waals surface area contributed by atoms with Crippen LogP contribution < -0.4 is 5.32 Å². The highest BCUT2D eigenvalue weighted by atomic mass is 16.3. The van der Waals surface area contributed by atoms with Crippen molar-refractivity contribution in [2.75, 3.05) is 5.32 Å². The van der Waals surface area contributed by atoms with Gasteiger partial charge in [0.2, 0.25) is 0 Å². The normalized spacial score (nSPS) is 16.2. The highest BCUT2D eigenvalue weighted by Gasteiger charge is 2.20. The van der Waals surface area contributed by atoms with Crippen LogP contribution in [-0.2, 0) is 0 Å². The average Bonchev–Trinajstić information content (AvgIpc) is 3.08. The molecule has 0 aromatic carbocycles. The van der Waals surface area contributed by atoms with Crippen molar-refractivity contribution in [2.24, 2.45) is 0 Å². The summed E-state index contributed by atoms with van der Waals surface area (Å²) in [6, 6.07) is 3.94. The minimum atomic E-state index is -0.145. The first-order valence-electron chi connectivity index (χ1n) is 7.14. The molecule has 2 aromatic rings. The number of carbonyl (C=O) groups excluding carboxylic acids is 1. The molecule has 0 saturated heterocycles. The third kappa shape index (κ3) is 2.48. The zero-order chi connectivity index (χ0) is 13.9. The van der Waals surface area contributed by atoms with Gasteiger partial charge in [-0.2, -0.15) is 5.10 Å². The Morgan fingerprint density at radius 3 is 2.85 bits per heavy atom. The van der Waals surface area contributed by atoms with Gasteiger partial charge in [-0.3, -0.25) is 4.79 Å². The second-order valence-electron chi connectivity index (χ2n) is 5.30. The molecule has 1 aliphatic carbocycles. The number of aryl methyl sites for hydroxylation is 1. The maximum absolute atomic E-state index is 12.2. The van der Waals surface area contributed by atoms with Crippen LogP contribution in [0.1, 0.15) is 54.3 Å². The van der Waals surface area contributed by atoms with Gasteiger partial charge in [0.1, 0.15) is 11.6 Å². The number of aromatic nitrogens is 2. The minimum Gasteiger partial charge on any atom is -0.469 e. The van der Waals surface area contributed by atoms with Crippen molar-refractivity contribution in [3.8, 4) is 0 Å². The molecule has 1 saturated carbocycles. The smallest absolute Gasteiger partial charge is 0.260 e. The molecule has 0 spiro atoms. The molecule has 5 nitrogen and oxygen atoms in total. The van der Waals surface area contributed by atoms with Gasteiger partial charge in [-0.05, 0) is 25.8 Å². The number of hydrogen-bond acceptors (Lipinski definition) is 3. The Bertz CT molecular complexity index is 594. The van der Waals surface area contributed by atoms with Crippen LogP contribution in [0.15, 0.2) is 29.0 Å². The lowest BCUT2D eigenvalue weighted by atomic mass is 9.96. The van der Waals surface area contributed by atoms with Crippen molar-refractivity contribution in [1.82, 2.24) is 9.78 Å². The van der Waals surface area contributed by atoms with Crippen molar-refractivity contribution >= 4 is 11.7 Å². The molecule has 0 aliphatic heterocycles. The summed E-state index contributed by atoms with van der Waals surface area (Å²) in [6.45, 7) is 1.79. The summed E-state index contributed by atoms with van der Waals surface area (Å²) in [6.07, 6.45) is 9.31. The number of amides is 1. The Morgan fingerprint density at radius 2 is 2.15 bits per heavy atom. The first-order valence-corrected chi connectivity index (χ1v) is 7.14. The van der Waals surface area contributed by atoms with Crippen molar-refractivity contribution < 1.29 is 9.21 Å². The van der Waals surface area contributed by atoms with Gasteiger partial charge >= 0.3 is 0 Å². The summed E-state index contributed by atoms with van der Waals surface area (Å²) in [5.74, 6) is 1.25. The molecule has 2 heterocycles. The fourth-order valence-corrected chi connectivity index (χ4v) is 2.83. The third-order valence-corrected chi connectivity index (χ3v) is 3.94. The maximum Gasteiger partial charge on any atom is 0.260 e. The number of nitrogens with one attached hydrogen (secondary N) is 1. The molecule has 1 amide bonds. The van der Waals surface area contributed by atoms with Crippen molar-refractivity contribution in [1.29, 1.82) is 0 Å². The molecule has 5 heteroatoms. The lowest BCUT2D eigenvalue weighted by Gasteiger charge is -2.23. The molecule has 1 N–H and O–H groups in total. The molecule has 0 atom stereocenters. The summed E-state index contributed by atoms with van der Waals surface area (Å²) >= 11 is 0. The number of anilines is 1. The lowest BCUT2D eigenvalue weighted by Crippen LogP contribution is -2.20. The van der Waals surface area contributed by atoms with Crippen molar-refractivity contribution in [3.05, 3.63) is 35.9 Å². The Hall–Kier alpha value is -2.04. The number of nitrogens with zero attached hydrogens (tertiary/aromatic N) is 2. The molecule has 20 heavy (non-hydrogen) atoms. The predicted molar refractivity (Wildman–Crippen MR) is 75.7 cm³/mol. The lowest BCUT2D eigenvalue weighted by molar-refractivity contribution is 0.102. The molecule has 0 radical (unpaired) electrons. The zero-order valence-corrected chi connectivity index (χ0v) is 11.6. The largest absolute Gasteiger partial charge is 0.469 e. The standard InChI is InChI=1S/C15H19N3O2/c1-11-13(8-10-20-11)15(19)17-14-7-9-16-18(14)12-5-3-2-4-6-12/h7-10,12H,2-6H2,1H3,(H,17,19). The second kappa shape index (κ2) is 5.53. The maximum atomic E-state index is 12.2. The van der Waals surface area contributed by atoms with Gasteiger partial charge in [-0.15, -0.1) is 0 Å². The van der Waals surface area contributed by atoms with Gasteiger partial charge in [0.05, 0.1) is 24.1 Å². The van der Waals surface area contributed by atoms with E-state index >= 15 is 0 Å². The fraction of sp³-hybridized carbons (Fsp3) is 0.467. The molecule has 2 aromatic heterocycles. The van der Waals surface area contributed by atoms with E-state index < -0.39 is 0 Å². The van der Waals surface area contributed by atoms with Gasteiger partial charge in [0, 0.05) is 6.07 Å². The quantitative estimate of drug-likeness (QED) is 0.930. The van der Waals surface area contributed by atoms with Gasteiger partial charge in [-0.1, -0.05) is 19.3 Å². The van der Waals surface area contributed by atoms with Crippen LogP contribution in [0.2, 0.25) is 0 Å². The van der Waals surface area contributed by atoms with E-state index in [4.69, 9.17) is 4.42 Å². The van der Waals surface area contributed by atoms with Gasteiger partial charge in [-0.25, -0.2) is 4.68 Å². The molecule has 1 fully saturated rings. The summed E-state index contributed by atoms with van der Waals surface area (Å²) in [7, 11) is 0. The molecule has 1 aliphatic rings. The number of carbonyl (C=O) groups is 1. The molecule has 0 unspecified atom stereocenters. The monoisotopic (exact) mass is 273 g/mol. The van der Waals surface area contributed by atoms with E-state index in [1.165, 1.54) is 25.5 Å². The summed E-state index contributed by atoms with van der Waals surface area (Å²) < 4.78 is 7.12. The van der Waals surface area contributed by atoms with Crippen LogP contribution in [0.5, 0.6) is 0 Å². The van der Waals surface area contributed by atoms with E-state index in [-0.39, 0.29) is 5.91 Å². The topological polar surface area (TPSA) is 60.1 Å². The highest BCUT2D eigenvalue weighted by Crippen LogP contribution is 2.30. The van der Waals surface area contributed by atoms with E-state index in [0.717, 1.165) is 18.7 Å². The van der Waals surface area contributed by atoms with Crippen LogP contribution in [0.25, 0.3) is 0 Å². The Morgan fingerprint density at radius 1 is 1.35 bits per heavy atom. The summed E-state index contributed by atoms with van der Waals surface area (Å²) in [5, 5.41) is 7.31. The van der Waals surface area contributed by atoms with E-state index in [1.54, 1.807) is 19.2 Å². The van der Waals surface area contributed by atoms with Crippen molar-refractivity contribution in [3.63, 3.8) is 0 Å². The van der Waals surface area contributed by atoms with Crippen molar-refractivity contribution in [2.45, 2.75) is 45.1 Å². The van der Waals surface area contributed by atoms with Crippen LogP contribution >= 0.6 is 0 Å².